The minimum absolute atomic E-state index is 0.105. The number of carbonyl (C=O) groups is 1. The second kappa shape index (κ2) is 5.54. The van der Waals surface area contributed by atoms with E-state index in [9.17, 15) is 4.79 Å². The first-order chi connectivity index (χ1) is 8.66. The van der Waals surface area contributed by atoms with Crippen LogP contribution in [0.3, 0.4) is 0 Å². The largest absolute Gasteiger partial charge is 0.490 e. The summed E-state index contributed by atoms with van der Waals surface area (Å²) in [6.07, 6.45) is 0.539. The third-order valence-electron chi connectivity index (χ3n) is 2.84. The number of benzene rings is 2. The summed E-state index contributed by atoms with van der Waals surface area (Å²) in [5.74, 6) is 0.0226. The Labute approximate surface area is 106 Å². The molecule has 0 aliphatic carbocycles. The molecule has 1 N–H and O–H groups in total. The van der Waals surface area contributed by atoms with Gasteiger partial charge in [0, 0.05) is 11.8 Å². The Kier molecular flexibility index (Phi) is 3.82. The molecular formula is C15H16O3. The van der Waals surface area contributed by atoms with Gasteiger partial charge >= 0.3 is 5.97 Å². The van der Waals surface area contributed by atoms with Crippen LogP contribution in [0.25, 0.3) is 10.8 Å². The summed E-state index contributed by atoms with van der Waals surface area (Å²) in [6.45, 7) is 1.89. The Morgan fingerprint density at radius 2 is 1.94 bits per heavy atom. The minimum Gasteiger partial charge on any atom is -0.490 e. The lowest BCUT2D eigenvalue weighted by atomic mass is 10.1. The Bertz CT molecular complexity index is 543. The molecule has 0 aliphatic rings. The molecule has 0 amide bonds. The van der Waals surface area contributed by atoms with Gasteiger partial charge in [-0.3, -0.25) is 4.79 Å². The molecule has 0 fully saturated rings. The molecule has 94 valence electrons. The summed E-state index contributed by atoms with van der Waals surface area (Å²) in [4.78, 5) is 10.5. The zero-order valence-corrected chi connectivity index (χ0v) is 10.3. The maximum Gasteiger partial charge on any atom is 0.303 e. The van der Waals surface area contributed by atoms with Crippen molar-refractivity contribution in [2.24, 2.45) is 0 Å². The summed E-state index contributed by atoms with van der Waals surface area (Å²) in [6, 6.07) is 13.9. The van der Waals surface area contributed by atoms with E-state index in [0.717, 1.165) is 16.5 Å². The first-order valence-corrected chi connectivity index (χ1v) is 6.03. The fourth-order valence-corrected chi connectivity index (χ4v) is 1.90. The van der Waals surface area contributed by atoms with Crippen molar-refractivity contribution in [2.75, 3.05) is 0 Å². The fourth-order valence-electron chi connectivity index (χ4n) is 1.90. The van der Waals surface area contributed by atoms with Crippen LogP contribution in [0.4, 0.5) is 0 Å². The molecule has 2 aromatic carbocycles. The molecule has 0 spiro atoms. The molecule has 2 aromatic rings. The van der Waals surface area contributed by atoms with E-state index >= 15 is 0 Å². The highest BCUT2D eigenvalue weighted by atomic mass is 16.5. The van der Waals surface area contributed by atoms with Crippen LogP contribution in [0.1, 0.15) is 19.8 Å². The van der Waals surface area contributed by atoms with Gasteiger partial charge in [0.15, 0.2) is 0 Å². The van der Waals surface area contributed by atoms with Gasteiger partial charge in [-0.2, -0.15) is 0 Å². The number of rotatable bonds is 5. The standard InChI is InChI=1S/C15H16O3/c1-11(9-10-15(16)17)18-14-8-4-6-12-5-2-3-7-13(12)14/h2-8,11H,9-10H2,1H3,(H,16,17). The molecule has 0 heterocycles. The van der Waals surface area contributed by atoms with E-state index in [4.69, 9.17) is 9.84 Å². The van der Waals surface area contributed by atoms with E-state index in [0.29, 0.717) is 6.42 Å². The zero-order valence-electron chi connectivity index (χ0n) is 10.3. The van der Waals surface area contributed by atoms with Crippen molar-refractivity contribution in [3.05, 3.63) is 42.5 Å². The first kappa shape index (κ1) is 12.4. The van der Waals surface area contributed by atoms with Crippen molar-refractivity contribution in [1.29, 1.82) is 0 Å². The maximum atomic E-state index is 10.5. The highest BCUT2D eigenvalue weighted by Gasteiger charge is 2.08. The van der Waals surface area contributed by atoms with Gasteiger partial charge in [-0.25, -0.2) is 0 Å². The van der Waals surface area contributed by atoms with Crippen molar-refractivity contribution < 1.29 is 14.6 Å². The van der Waals surface area contributed by atoms with Crippen LogP contribution in [-0.2, 0) is 4.79 Å². The molecule has 18 heavy (non-hydrogen) atoms. The molecule has 3 heteroatoms. The van der Waals surface area contributed by atoms with E-state index in [1.165, 1.54) is 0 Å². The third kappa shape index (κ3) is 3.00. The van der Waals surface area contributed by atoms with Gasteiger partial charge in [-0.1, -0.05) is 36.4 Å². The van der Waals surface area contributed by atoms with Crippen LogP contribution in [-0.4, -0.2) is 17.2 Å². The summed E-state index contributed by atoms with van der Waals surface area (Å²) in [5.41, 5.74) is 0. The zero-order chi connectivity index (χ0) is 13.0. The minimum atomic E-state index is -0.789. The maximum absolute atomic E-state index is 10.5. The average Bonchev–Trinajstić information content (AvgIpc) is 2.37. The van der Waals surface area contributed by atoms with E-state index in [2.05, 4.69) is 0 Å². The lowest BCUT2D eigenvalue weighted by molar-refractivity contribution is -0.137. The van der Waals surface area contributed by atoms with Gasteiger partial charge in [0.05, 0.1) is 6.10 Å². The number of carboxylic acids is 1. The summed E-state index contributed by atoms with van der Waals surface area (Å²) >= 11 is 0. The fraction of sp³-hybridized carbons (Fsp3) is 0.267. The van der Waals surface area contributed by atoms with Gasteiger partial charge in [0.1, 0.15) is 5.75 Å². The number of fused-ring (bicyclic) bond motifs is 1. The first-order valence-electron chi connectivity index (χ1n) is 6.03. The molecule has 0 bridgehead atoms. The summed E-state index contributed by atoms with van der Waals surface area (Å²) < 4.78 is 5.81. The molecule has 0 saturated carbocycles. The van der Waals surface area contributed by atoms with Crippen molar-refractivity contribution >= 4 is 16.7 Å². The van der Waals surface area contributed by atoms with E-state index in [1.807, 2.05) is 49.4 Å². The number of hydrogen-bond acceptors (Lipinski definition) is 2. The Morgan fingerprint density at radius 3 is 2.72 bits per heavy atom. The SMILES string of the molecule is CC(CCC(=O)O)Oc1cccc2ccccc12. The molecule has 1 unspecified atom stereocenters. The number of aliphatic carboxylic acids is 1. The van der Waals surface area contributed by atoms with Crippen LogP contribution in [0.5, 0.6) is 5.75 Å². The van der Waals surface area contributed by atoms with Crippen LogP contribution < -0.4 is 4.74 Å². The van der Waals surface area contributed by atoms with Crippen molar-refractivity contribution in [3.63, 3.8) is 0 Å². The highest BCUT2D eigenvalue weighted by Crippen LogP contribution is 2.26. The van der Waals surface area contributed by atoms with E-state index < -0.39 is 5.97 Å². The van der Waals surface area contributed by atoms with Crippen LogP contribution in [0.2, 0.25) is 0 Å². The smallest absolute Gasteiger partial charge is 0.303 e. The van der Waals surface area contributed by atoms with E-state index in [-0.39, 0.29) is 12.5 Å². The van der Waals surface area contributed by atoms with Gasteiger partial charge in [-0.05, 0) is 24.8 Å². The quantitative estimate of drug-likeness (QED) is 0.876. The number of hydrogen-bond donors (Lipinski definition) is 1. The Balaban J connectivity index is 2.14. The molecular weight excluding hydrogens is 228 g/mol. The second-order valence-corrected chi connectivity index (χ2v) is 4.34. The lowest BCUT2D eigenvalue weighted by Crippen LogP contribution is -2.13. The summed E-state index contributed by atoms with van der Waals surface area (Å²) in [5, 5.41) is 10.8. The van der Waals surface area contributed by atoms with Crippen LogP contribution >= 0.6 is 0 Å². The molecule has 0 saturated heterocycles. The molecule has 2 rings (SSSR count). The second-order valence-electron chi connectivity index (χ2n) is 4.34. The Hall–Kier alpha value is -2.03. The normalized spacial score (nSPS) is 12.3. The monoisotopic (exact) mass is 244 g/mol. The molecule has 0 aliphatic heterocycles. The number of carboxylic acid groups (broad SMARTS) is 1. The third-order valence-corrected chi connectivity index (χ3v) is 2.84. The lowest BCUT2D eigenvalue weighted by Gasteiger charge is -2.15. The van der Waals surface area contributed by atoms with Crippen molar-refractivity contribution in [1.82, 2.24) is 0 Å². The average molecular weight is 244 g/mol. The molecule has 0 aromatic heterocycles. The topological polar surface area (TPSA) is 46.5 Å². The van der Waals surface area contributed by atoms with Crippen molar-refractivity contribution in [3.8, 4) is 5.75 Å². The molecule has 1 atom stereocenters. The number of ether oxygens (including phenoxy) is 1. The predicted molar refractivity (Wildman–Crippen MR) is 70.9 cm³/mol. The predicted octanol–water partition coefficient (Wildman–Crippen LogP) is 3.47. The van der Waals surface area contributed by atoms with Gasteiger partial charge in [0.2, 0.25) is 0 Å². The van der Waals surface area contributed by atoms with Gasteiger partial charge in [0.25, 0.3) is 0 Å². The van der Waals surface area contributed by atoms with Gasteiger partial charge in [-0.15, -0.1) is 0 Å². The van der Waals surface area contributed by atoms with E-state index in [1.54, 1.807) is 0 Å². The summed E-state index contributed by atoms with van der Waals surface area (Å²) in [7, 11) is 0. The van der Waals surface area contributed by atoms with Crippen LogP contribution in [0, 0.1) is 0 Å². The van der Waals surface area contributed by atoms with Gasteiger partial charge < -0.3 is 9.84 Å². The van der Waals surface area contributed by atoms with Crippen LogP contribution in [0.15, 0.2) is 42.5 Å². The highest BCUT2D eigenvalue weighted by molar-refractivity contribution is 5.88. The Morgan fingerprint density at radius 1 is 1.22 bits per heavy atom. The molecule has 0 radical (unpaired) electrons. The molecule has 3 nitrogen and oxygen atoms in total. The van der Waals surface area contributed by atoms with Crippen molar-refractivity contribution in [2.45, 2.75) is 25.9 Å².